The van der Waals surface area contributed by atoms with Gasteiger partial charge in [-0.05, 0) is 24.1 Å². The summed E-state index contributed by atoms with van der Waals surface area (Å²) in [5.74, 6) is -0.0516. The average molecular weight is 366 g/mol. The van der Waals surface area contributed by atoms with Crippen LogP contribution in [0.4, 0.5) is 0 Å². The predicted octanol–water partition coefficient (Wildman–Crippen LogP) is 3.16. The predicted molar refractivity (Wildman–Crippen MR) is 91.9 cm³/mol. The van der Waals surface area contributed by atoms with Crippen molar-refractivity contribution in [2.45, 2.75) is 32.2 Å². The van der Waals surface area contributed by atoms with E-state index in [4.69, 9.17) is 28.5 Å². The zero-order valence-electron chi connectivity index (χ0n) is 13.2. The van der Waals surface area contributed by atoms with E-state index in [2.05, 4.69) is 22.3 Å². The second-order valence-corrected chi connectivity index (χ2v) is 6.18. The quantitative estimate of drug-likeness (QED) is 0.816. The monoisotopic (exact) mass is 365 g/mol. The molecule has 1 atom stereocenters. The molecule has 1 heterocycles. The van der Waals surface area contributed by atoms with Gasteiger partial charge in [-0.1, -0.05) is 42.6 Å². The Bertz CT molecular complexity index is 753. The number of carbonyl (C=O) groups excluding carboxylic acids is 1. The number of benzene rings is 1. The third kappa shape index (κ3) is 4.95. The molecule has 1 aromatic heterocycles. The Morgan fingerprint density at radius 3 is 2.88 bits per heavy atom. The van der Waals surface area contributed by atoms with Crippen molar-refractivity contribution in [1.29, 1.82) is 5.26 Å². The van der Waals surface area contributed by atoms with Gasteiger partial charge in [0.25, 0.3) is 5.82 Å². The molecule has 8 heteroatoms. The Morgan fingerprint density at radius 1 is 1.46 bits per heavy atom. The number of aromatic nitrogens is 3. The van der Waals surface area contributed by atoms with Crippen LogP contribution in [0, 0.1) is 11.3 Å². The van der Waals surface area contributed by atoms with Gasteiger partial charge in [-0.25, -0.2) is 9.67 Å². The maximum atomic E-state index is 12.1. The van der Waals surface area contributed by atoms with Crippen LogP contribution in [0.1, 0.15) is 37.1 Å². The molecule has 1 N–H and O–H groups in total. The van der Waals surface area contributed by atoms with Gasteiger partial charge in [0.15, 0.2) is 0 Å². The van der Waals surface area contributed by atoms with Crippen molar-refractivity contribution in [3.8, 4) is 6.07 Å². The largest absolute Gasteiger partial charge is 0.354 e. The lowest BCUT2D eigenvalue weighted by Crippen LogP contribution is -2.31. The van der Waals surface area contributed by atoms with E-state index >= 15 is 0 Å². The zero-order chi connectivity index (χ0) is 17.5. The van der Waals surface area contributed by atoms with Gasteiger partial charge in [0.1, 0.15) is 18.9 Å². The van der Waals surface area contributed by atoms with Crippen molar-refractivity contribution in [2.24, 2.45) is 0 Å². The first-order chi connectivity index (χ1) is 11.5. The number of rotatable bonds is 7. The van der Waals surface area contributed by atoms with Crippen LogP contribution < -0.4 is 5.32 Å². The molecule has 0 spiro atoms. The second-order valence-electron chi connectivity index (χ2n) is 5.33. The summed E-state index contributed by atoms with van der Waals surface area (Å²) in [7, 11) is 0. The molecule has 0 aliphatic heterocycles. The van der Waals surface area contributed by atoms with Gasteiger partial charge in [0, 0.05) is 22.5 Å². The lowest BCUT2D eigenvalue weighted by molar-refractivity contribution is -0.121. The standard InChI is InChI=1S/C16H17Cl2N5O/c1-2-3-11(13-5-4-12(17)6-14(13)18)8-20-16(24)9-23-10-21-15(7-19)22-23/h4-6,10-11H,2-3,8-9H2,1H3,(H,20,24). The van der Waals surface area contributed by atoms with Crippen LogP contribution in [-0.2, 0) is 11.3 Å². The van der Waals surface area contributed by atoms with E-state index < -0.39 is 0 Å². The molecule has 1 unspecified atom stereocenters. The molecule has 0 bridgehead atoms. The Morgan fingerprint density at radius 2 is 2.25 bits per heavy atom. The summed E-state index contributed by atoms with van der Waals surface area (Å²) in [6.07, 6.45) is 3.22. The van der Waals surface area contributed by atoms with Gasteiger partial charge in [0.2, 0.25) is 5.91 Å². The minimum absolute atomic E-state index is 0.0157. The molecular formula is C16H17Cl2N5O. The highest BCUT2D eigenvalue weighted by atomic mass is 35.5. The first kappa shape index (κ1) is 18.2. The van der Waals surface area contributed by atoms with E-state index in [9.17, 15) is 4.79 Å². The normalized spacial score (nSPS) is 11.8. The lowest BCUT2D eigenvalue weighted by atomic mass is 9.94. The van der Waals surface area contributed by atoms with Crippen LogP contribution in [0.3, 0.4) is 0 Å². The van der Waals surface area contributed by atoms with Crippen molar-refractivity contribution >= 4 is 29.1 Å². The molecule has 0 radical (unpaired) electrons. The summed E-state index contributed by atoms with van der Waals surface area (Å²) >= 11 is 12.2. The van der Waals surface area contributed by atoms with E-state index in [-0.39, 0.29) is 24.2 Å². The lowest BCUT2D eigenvalue weighted by Gasteiger charge is -2.19. The molecule has 0 saturated heterocycles. The number of amides is 1. The number of nitrogens with zero attached hydrogens (tertiary/aromatic N) is 4. The maximum Gasteiger partial charge on any atom is 0.252 e. The van der Waals surface area contributed by atoms with E-state index in [1.165, 1.54) is 11.0 Å². The van der Waals surface area contributed by atoms with Crippen LogP contribution in [0.2, 0.25) is 10.0 Å². The third-order valence-corrected chi connectivity index (χ3v) is 4.09. The minimum atomic E-state index is -0.199. The van der Waals surface area contributed by atoms with Gasteiger partial charge in [-0.3, -0.25) is 4.79 Å². The molecule has 0 saturated carbocycles. The van der Waals surface area contributed by atoms with E-state index in [0.717, 1.165) is 18.4 Å². The van der Waals surface area contributed by atoms with Crippen molar-refractivity contribution in [2.75, 3.05) is 6.54 Å². The maximum absolute atomic E-state index is 12.1. The fourth-order valence-corrected chi connectivity index (χ4v) is 2.97. The van der Waals surface area contributed by atoms with Crippen molar-refractivity contribution in [3.05, 3.63) is 46.0 Å². The molecule has 2 aromatic rings. The molecule has 126 valence electrons. The first-order valence-corrected chi connectivity index (χ1v) is 8.30. The van der Waals surface area contributed by atoms with Crippen LogP contribution >= 0.6 is 23.2 Å². The molecular weight excluding hydrogens is 349 g/mol. The third-order valence-electron chi connectivity index (χ3n) is 3.53. The highest BCUT2D eigenvalue weighted by Gasteiger charge is 2.16. The number of hydrogen-bond donors (Lipinski definition) is 1. The molecule has 6 nitrogen and oxygen atoms in total. The van der Waals surface area contributed by atoms with Gasteiger partial charge < -0.3 is 5.32 Å². The van der Waals surface area contributed by atoms with Gasteiger partial charge in [-0.2, -0.15) is 5.26 Å². The second kappa shape index (κ2) is 8.67. The molecule has 0 aliphatic rings. The van der Waals surface area contributed by atoms with Crippen LogP contribution in [-0.4, -0.2) is 27.2 Å². The smallest absolute Gasteiger partial charge is 0.252 e. The number of nitriles is 1. The Hall–Kier alpha value is -2.10. The Labute approximate surface area is 150 Å². The van der Waals surface area contributed by atoms with Crippen LogP contribution in [0.5, 0.6) is 0 Å². The Kier molecular flexibility index (Phi) is 6.59. The summed E-state index contributed by atoms with van der Waals surface area (Å²) in [6.45, 7) is 2.56. The fourth-order valence-electron chi connectivity index (χ4n) is 2.41. The van der Waals surface area contributed by atoms with Gasteiger partial charge >= 0.3 is 0 Å². The summed E-state index contributed by atoms with van der Waals surface area (Å²) in [6, 6.07) is 7.22. The number of carbonyl (C=O) groups is 1. The van der Waals surface area contributed by atoms with E-state index in [1.807, 2.05) is 12.1 Å². The summed E-state index contributed by atoms with van der Waals surface area (Å²) in [5, 5.41) is 16.6. The zero-order valence-corrected chi connectivity index (χ0v) is 14.7. The van der Waals surface area contributed by atoms with Gasteiger partial charge in [-0.15, -0.1) is 5.10 Å². The molecule has 0 aliphatic carbocycles. The summed E-state index contributed by atoms with van der Waals surface area (Å²) in [5.41, 5.74) is 0.968. The van der Waals surface area contributed by atoms with Gasteiger partial charge in [0.05, 0.1) is 0 Å². The Balaban J connectivity index is 1.97. The molecule has 24 heavy (non-hydrogen) atoms. The van der Waals surface area contributed by atoms with E-state index in [1.54, 1.807) is 12.1 Å². The van der Waals surface area contributed by atoms with Crippen molar-refractivity contribution in [3.63, 3.8) is 0 Å². The SMILES string of the molecule is CCCC(CNC(=O)Cn1cnc(C#N)n1)c1ccc(Cl)cc1Cl. The molecule has 2 rings (SSSR count). The summed E-state index contributed by atoms with van der Waals surface area (Å²) < 4.78 is 1.33. The van der Waals surface area contributed by atoms with Crippen LogP contribution in [0.25, 0.3) is 0 Å². The van der Waals surface area contributed by atoms with Crippen LogP contribution in [0.15, 0.2) is 24.5 Å². The van der Waals surface area contributed by atoms with Crippen molar-refractivity contribution < 1.29 is 4.79 Å². The first-order valence-electron chi connectivity index (χ1n) is 7.54. The molecule has 1 amide bonds. The highest BCUT2D eigenvalue weighted by Crippen LogP contribution is 2.30. The van der Waals surface area contributed by atoms with Crippen molar-refractivity contribution in [1.82, 2.24) is 20.1 Å². The highest BCUT2D eigenvalue weighted by molar-refractivity contribution is 6.35. The summed E-state index contributed by atoms with van der Waals surface area (Å²) in [4.78, 5) is 15.8. The number of halogens is 2. The topological polar surface area (TPSA) is 83.6 Å². The fraction of sp³-hybridized carbons (Fsp3) is 0.375. The number of nitrogens with one attached hydrogen (secondary N) is 1. The molecule has 0 fully saturated rings. The number of hydrogen-bond acceptors (Lipinski definition) is 4. The molecule has 1 aromatic carbocycles. The average Bonchev–Trinajstić information content (AvgIpc) is 2.99. The van der Waals surface area contributed by atoms with E-state index in [0.29, 0.717) is 16.6 Å². The minimum Gasteiger partial charge on any atom is -0.354 e.